The molecule has 0 fully saturated rings. The highest BCUT2D eigenvalue weighted by Crippen LogP contribution is 2.47. The van der Waals surface area contributed by atoms with Crippen molar-refractivity contribution in [1.82, 2.24) is 9.97 Å². The summed E-state index contributed by atoms with van der Waals surface area (Å²) in [7, 11) is 0. The number of hydrogen-bond donors (Lipinski definition) is 0. The van der Waals surface area contributed by atoms with Gasteiger partial charge in [0.05, 0.1) is 5.52 Å². The Balaban J connectivity index is 1.49. The molecule has 0 spiro atoms. The molecule has 0 aliphatic rings. The summed E-state index contributed by atoms with van der Waals surface area (Å²) in [6, 6.07) is 45.9. The molecule has 0 radical (unpaired) electrons. The van der Waals surface area contributed by atoms with Crippen LogP contribution in [0, 0.1) is 0 Å². The first-order valence-corrected chi connectivity index (χ1v) is 14.3. The monoisotopic (exact) mass is 532 g/mol. The van der Waals surface area contributed by atoms with Gasteiger partial charge in [0.2, 0.25) is 0 Å². The van der Waals surface area contributed by atoms with Gasteiger partial charge >= 0.3 is 0 Å². The molecule has 0 saturated heterocycles. The lowest BCUT2D eigenvalue weighted by Gasteiger charge is -2.20. The summed E-state index contributed by atoms with van der Waals surface area (Å²) in [6.45, 7) is 0. The van der Waals surface area contributed by atoms with Gasteiger partial charge in [-0.15, -0.1) is 0 Å². The fourth-order valence-electron chi connectivity index (χ4n) is 6.98. The van der Waals surface area contributed by atoms with Crippen LogP contribution < -0.4 is 0 Å². The van der Waals surface area contributed by atoms with Crippen LogP contribution in [-0.2, 0) is 0 Å². The lowest BCUT2D eigenvalue weighted by molar-refractivity contribution is 1.36. The Kier molecular flexibility index (Phi) is 4.93. The molecule has 0 unspecified atom stereocenters. The van der Waals surface area contributed by atoms with Crippen molar-refractivity contribution in [2.45, 2.75) is 0 Å². The van der Waals surface area contributed by atoms with Gasteiger partial charge in [-0.05, 0) is 83.9 Å². The standard InChI is InChI=1S/C40H24N2/c1-3-12-27-25(10-1)22-35(31-16-7-5-14-29(27)31)38-34-18-9-20-42-40(34)39(33-19-21-41-24-37(33)38)36-23-26-11-2-4-13-28(26)30-15-6-8-17-32(30)36/h1-24H. The van der Waals surface area contributed by atoms with E-state index in [1.165, 1.54) is 59.8 Å². The first-order valence-electron chi connectivity index (χ1n) is 14.3. The van der Waals surface area contributed by atoms with Gasteiger partial charge in [0.15, 0.2) is 0 Å². The smallest absolute Gasteiger partial charge is 0.0793 e. The van der Waals surface area contributed by atoms with Crippen LogP contribution in [0.2, 0.25) is 0 Å². The summed E-state index contributed by atoms with van der Waals surface area (Å²) < 4.78 is 0. The van der Waals surface area contributed by atoms with E-state index in [4.69, 9.17) is 4.98 Å². The fraction of sp³-hybridized carbons (Fsp3) is 0. The summed E-state index contributed by atoms with van der Waals surface area (Å²) in [5.74, 6) is 0. The predicted octanol–water partition coefficient (Wildman–Crippen LogP) is 10.7. The van der Waals surface area contributed by atoms with Crippen LogP contribution in [0.5, 0.6) is 0 Å². The molecule has 9 rings (SSSR count). The van der Waals surface area contributed by atoms with Crippen molar-refractivity contribution in [3.63, 3.8) is 0 Å². The van der Waals surface area contributed by atoms with Crippen LogP contribution in [0.4, 0.5) is 0 Å². The topological polar surface area (TPSA) is 25.8 Å². The second-order valence-electron chi connectivity index (χ2n) is 11.0. The van der Waals surface area contributed by atoms with Gasteiger partial charge in [0, 0.05) is 40.5 Å². The van der Waals surface area contributed by atoms with Crippen LogP contribution in [0.3, 0.4) is 0 Å². The molecule has 0 aliphatic carbocycles. The minimum absolute atomic E-state index is 1.00. The van der Waals surface area contributed by atoms with Crippen LogP contribution in [0.25, 0.3) is 87.0 Å². The average Bonchev–Trinajstić information content (AvgIpc) is 3.06. The van der Waals surface area contributed by atoms with Crippen molar-refractivity contribution in [2.24, 2.45) is 0 Å². The van der Waals surface area contributed by atoms with E-state index in [1.807, 2.05) is 18.6 Å². The molecule has 2 aromatic heterocycles. The Hall–Kier alpha value is -5.60. The lowest BCUT2D eigenvalue weighted by Crippen LogP contribution is -1.95. The highest BCUT2D eigenvalue weighted by Gasteiger charge is 2.21. The first-order chi connectivity index (χ1) is 20.9. The van der Waals surface area contributed by atoms with E-state index in [1.54, 1.807) is 0 Å². The number of rotatable bonds is 2. The van der Waals surface area contributed by atoms with E-state index in [2.05, 4.69) is 132 Å². The lowest BCUT2D eigenvalue weighted by atomic mass is 9.84. The van der Waals surface area contributed by atoms with Gasteiger partial charge in [-0.3, -0.25) is 9.97 Å². The highest BCUT2D eigenvalue weighted by atomic mass is 14.7. The summed E-state index contributed by atoms with van der Waals surface area (Å²) in [4.78, 5) is 9.78. The number of aromatic nitrogens is 2. The molecule has 7 aromatic carbocycles. The molecule has 0 N–H and O–H groups in total. The van der Waals surface area contributed by atoms with Crippen LogP contribution in [-0.4, -0.2) is 9.97 Å². The Morgan fingerprint density at radius 1 is 0.357 bits per heavy atom. The second-order valence-corrected chi connectivity index (χ2v) is 11.0. The zero-order valence-electron chi connectivity index (χ0n) is 22.8. The van der Waals surface area contributed by atoms with Crippen molar-refractivity contribution in [3.8, 4) is 22.3 Å². The number of pyridine rings is 2. The Bertz CT molecular complexity index is 2290. The van der Waals surface area contributed by atoms with E-state index in [0.717, 1.165) is 27.2 Å². The second kappa shape index (κ2) is 8.95. The molecular weight excluding hydrogens is 508 g/mol. The fourth-order valence-corrected chi connectivity index (χ4v) is 6.98. The predicted molar refractivity (Wildman–Crippen MR) is 178 cm³/mol. The SMILES string of the molecule is c1ccc2c(c1)cc(-c1c3cnccc3c(-c3cc4ccccc4c4ccccc34)c3ncccc13)c1ccccc12. The van der Waals surface area contributed by atoms with E-state index in [-0.39, 0.29) is 0 Å². The molecule has 0 saturated carbocycles. The molecule has 0 atom stereocenters. The van der Waals surface area contributed by atoms with Crippen LogP contribution in [0.15, 0.2) is 146 Å². The minimum Gasteiger partial charge on any atom is -0.264 e. The zero-order valence-corrected chi connectivity index (χ0v) is 22.8. The van der Waals surface area contributed by atoms with Gasteiger partial charge < -0.3 is 0 Å². The summed E-state index contributed by atoms with van der Waals surface area (Å²) in [5, 5.41) is 13.4. The van der Waals surface area contributed by atoms with Crippen molar-refractivity contribution >= 4 is 64.8 Å². The Labute approximate surface area is 242 Å². The quantitative estimate of drug-likeness (QED) is 0.163. The molecule has 42 heavy (non-hydrogen) atoms. The molecule has 2 nitrogen and oxygen atoms in total. The van der Waals surface area contributed by atoms with E-state index < -0.39 is 0 Å². The largest absolute Gasteiger partial charge is 0.264 e. The normalized spacial score (nSPS) is 11.8. The van der Waals surface area contributed by atoms with E-state index in [0.29, 0.717) is 0 Å². The molecule has 0 bridgehead atoms. The van der Waals surface area contributed by atoms with Crippen molar-refractivity contribution < 1.29 is 0 Å². The summed E-state index contributed by atoms with van der Waals surface area (Å²) in [6.07, 6.45) is 5.87. The van der Waals surface area contributed by atoms with Crippen molar-refractivity contribution in [3.05, 3.63) is 146 Å². The molecule has 2 heteroatoms. The maximum atomic E-state index is 5.10. The molecular formula is C40H24N2. The minimum atomic E-state index is 1.00. The first kappa shape index (κ1) is 23.1. The summed E-state index contributed by atoms with van der Waals surface area (Å²) in [5.41, 5.74) is 5.73. The third kappa shape index (κ3) is 3.27. The van der Waals surface area contributed by atoms with Crippen molar-refractivity contribution in [2.75, 3.05) is 0 Å². The number of fused-ring (bicyclic) bond motifs is 8. The third-order valence-corrected chi connectivity index (χ3v) is 8.75. The van der Waals surface area contributed by atoms with Crippen LogP contribution in [0.1, 0.15) is 0 Å². The third-order valence-electron chi connectivity index (χ3n) is 8.75. The van der Waals surface area contributed by atoms with Gasteiger partial charge in [-0.1, -0.05) is 103 Å². The van der Waals surface area contributed by atoms with Gasteiger partial charge in [0.1, 0.15) is 0 Å². The molecule has 0 amide bonds. The average molecular weight is 533 g/mol. The highest BCUT2D eigenvalue weighted by molar-refractivity contribution is 6.27. The van der Waals surface area contributed by atoms with E-state index >= 15 is 0 Å². The zero-order chi connectivity index (χ0) is 27.6. The molecule has 9 aromatic rings. The van der Waals surface area contributed by atoms with Crippen LogP contribution >= 0.6 is 0 Å². The van der Waals surface area contributed by atoms with Gasteiger partial charge in [0.25, 0.3) is 0 Å². The molecule has 0 aliphatic heterocycles. The van der Waals surface area contributed by atoms with Gasteiger partial charge in [-0.2, -0.15) is 0 Å². The maximum Gasteiger partial charge on any atom is 0.0793 e. The number of nitrogens with zero attached hydrogens (tertiary/aromatic N) is 2. The number of hydrogen-bond acceptors (Lipinski definition) is 2. The van der Waals surface area contributed by atoms with E-state index in [9.17, 15) is 0 Å². The maximum absolute atomic E-state index is 5.10. The Morgan fingerprint density at radius 3 is 1.52 bits per heavy atom. The summed E-state index contributed by atoms with van der Waals surface area (Å²) >= 11 is 0. The molecule has 2 heterocycles. The number of benzene rings is 7. The van der Waals surface area contributed by atoms with Gasteiger partial charge in [-0.25, -0.2) is 0 Å². The van der Waals surface area contributed by atoms with Crippen molar-refractivity contribution in [1.29, 1.82) is 0 Å². The Morgan fingerprint density at radius 2 is 0.881 bits per heavy atom. The molecule has 194 valence electrons.